The smallest absolute Gasteiger partial charge is 0.255 e. The summed E-state index contributed by atoms with van der Waals surface area (Å²) in [5.41, 5.74) is 1.95. The lowest BCUT2D eigenvalue weighted by molar-refractivity contribution is -0.114. The minimum absolute atomic E-state index is 0.00153. The van der Waals surface area contributed by atoms with Gasteiger partial charge in [0.25, 0.3) is 5.91 Å². The van der Waals surface area contributed by atoms with Gasteiger partial charge in [-0.25, -0.2) is 4.39 Å². The van der Waals surface area contributed by atoms with Gasteiger partial charge in [-0.15, -0.1) is 0 Å². The van der Waals surface area contributed by atoms with E-state index in [1.807, 2.05) is 18.2 Å². The summed E-state index contributed by atoms with van der Waals surface area (Å²) in [6.45, 7) is 0.494. The first-order valence-corrected chi connectivity index (χ1v) is 8.24. The number of nitrogens with one attached hydrogen (secondary N) is 1. The molecule has 132 valence electrons. The molecule has 0 fully saturated rings. The number of fused-ring (bicyclic) bond motifs is 3. The number of benzene rings is 2. The normalized spacial score (nSPS) is 13.9. The molecule has 0 radical (unpaired) electrons. The number of hydrogen-bond acceptors (Lipinski definition) is 3. The minimum atomic E-state index is -0.575. The number of carbonyl (C=O) groups excluding carboxylic acids is 1. The molecule has 0 saturated heterocycles. The van der Waals surface area contributed by atoms with Gasteiger partial charge in [-0.1, -0.05) is 12.1 Å². The van der Waals surface area contributed by atoms with Crippen LogP contribution in [0.15, 0.2) is 48.5 Å². The van der Waals surface area contributed by atoms with E-state index in [0.717, 1.165) is 28.3 Å². The van der Waals surface area contributed by atoms with E-state index in [9.17, 15) is 14.3 Å². The number of methoxy groups -OCH3 is 1. The summed E-state index contributed by atoms with van der Waals surface area (Å²) in [6.07, 6.45) is 1.75. The van der Waals surface area contributed by atoms with E-state index < -0.39 is 11.7 Å². The van der Waals surface area contributed by atoms with Crippen LogP contribution in [-0.4, -0.2) is 29.7 Å². The maximum absolute atomic E-state index is 13.8. The standard InChI is InChI=1S/C20H17FN2O3/c1-26-12-6-7-17-15(10-12)13-8-9-23(20(13)22-17)19(25)11-18(24)14-4-2-3-5-16(14)21/h2-7,10-11,22,24H,8-9H2,1H3/b18-11-. The van der Waals surface area contributed by atoms with Gasteiger partial charge in [-0.05, 0) is 36.8 Å². The second-order valence-electron chi connectivity index (χ2n) is 6.11. The molecule has 0 aliphatic carbocycles. The van der Waals surface area contributed by atoms with Crippen LogP contribution < -0.4 is 9.64 Å². The number of nitrogens with zero attached hydrogens (tertiary/aromatic N) is 1. The fourth-order valence-electron chi connectivity index (χ4n) is 3.32. The van der Waals surface area contributed by atoms with E-state index in [1.54, 1.807) is 18.1 Å². The molecule has 2 heterocycles. The molecule has 0 saturated carbocycles. The molecule has 1 aliphatic heterocycles. The lowest BCUT2D eigenvalue weighted by atomic mass is 10.1. The van der Waals surface area contributed by atoms with Crippen molar-refractivity contribution in [3.8, 4) is 5.75 Å². The average molecular weight is 352 g/mol. The van der Waals surface area contributed by atoms with Gasteiger partial charge in [0.1, 0.15) is 23.1 Å². The first kappa shape index (κ1) is 16.2. The zero-order valence-corrected chi connectivity index (χ0v) is 14.1. The van der Waals surface area contributed by atoms with Crippen LogP contribution in [0.5, 0.6) is 5.75 Å². The second kappa shape index (κ2) is 6.22. The summed E-state index contributed by atoms with van der Waals surface area (Å²) in [5, 5.41) is 11.1. The minimum Gasteiger partial charge on any atom is -0.507 e. The zero-order chi connectivity index (χ0) is 18.3. The van der Waals surface area contributed by atoms with Gasteiger partial charge in [0.05, 0.1) is 12.7 Å². The molecule has 0 spiro atoms. The highest BCUT2D eigenvalue weighted by Crippen LogP contribution is 2.36. The summed E-state index contributed by atoms with van der Waals surface area (Å²) in [6, 6.07) is 11.5. The third-order valence-electron chi connectivity index (χ3n) is 4.62. The third kappa shape index (κ3) is 2.60. The topological polar surface area (TPSA) is 65.6 Å². The number of anilines is 1. The molecule has 0 unspecified atom stereocenters. The number of aromatic amines is 1. The molecule has 6 heteroatoms. The predicted octanol–water partition coefficient (Wildman–Crippen LogP) is 3.80. The van der Waals surface area contributed by atoms with Gasteiger partial charge in [-0.3, -0.25) is 9.69 Å². The van der Waals surface area contributed by atoms with Crippen molar-refractivity contribution < 1.29 is 19.0 Å². The Morgan fingerprint density at radius 3 is 2.88 bits per heavy atom. The molecule has 4 rings (SSSR count). The molecule has 0 bridgehead atoms. The molecule has 5 nitrogen and oxygen atoms in total. The van der Waals surface area contributed by atoms with Crippen molar-refractivity contribution >= 4 is 28.4 Å². The number of amides is 1. The van der Waals surface area contributed by atoms with Gasteiger partial charge in [0.2, 0.25) is 0 Å². The number of carbonyl (C=O) groups is 1. The van der Waals surface area contributed by atoms with Crippen LogP contribution in [0.2, 0.25) is 0 Å². The van der Waals surface area contributed by atoms with Gasteiger partial charge >= 0.3 is 0 Å². The SMILES string of the molecule is COc1ccc2[nH]c3c(c2c1)CCN3C(=O)/C=C(\O)c1ccccc1F. The van der Waals surface area contributed by atoms with Crippen molar-refractivity contribution in [3.05, 3.63) is 65.5 Å². The zero-order valence-electron chi connectivity index (χ0n) is 14.1. The Balaban J connectivity index is 1.68. The monoisotopic (exact) mass is 352 g/mol. The first-order valence-electron chi connectivity index (χ1n) is 8.24. The number of H-pyrrole nitrogens is 1. The van der Waals surface area contributed by atoms with Crippen molar-refractivity contribution in [2.75, 3.05) is 18.6 Å². The van der Waals surface area contributed by atoms with Gasteiger partial charge in [-0.2, -0.15) is 0 Å². The van der Waals surface area contributed by atoms with Crippen LogP contribution in [0.25, 0.3) is 16.7 Å². The Hall–Kier alpha value is -3.28. The number of aromatic nitrogens is 1. The van der Waals surface area contributed by atoms with Crippen LogP contribution in [0.4, 0.5) is 10.2 Å². The molecular weight excluding hydrogens is 335 g/mol. The van der Waals surface area contributed by atoms with Crippen LogP contribution in [-0.2, 0) is 11.2 Å². The van der Waals surface area contributed by atoms with Crippen molar-refractivity contribution in [1.82, 2.24) is 4.98 Å². The van der Waals surface area contributed by atoms with Gasteiger partial charge in [0.15, 0.2) is 0 Å². The molecule has 3 aromatic rings. The average Bonchev–Trinajstić information content (AvgIpc) is 3.20. The van der Waals surface area contributed by atoms with Crippen LogP contribution in [0.1, 0.15) is 11.1 Å². The van der Waals surface area contributed by atoms with E-state index in [1.165, 1.54) is 18.2 Å². The number of aliphatic hydroxyl groups excluding tert-OH is 1. The van der Waals surface area contributed by atoms with E-state index >= 15 is 0 Å². The third-order valence-corrected chi connectivity index (χ3v) is 4.62. The molecule has 1 aromatic heterocycles. The van der Waals surface area contributed by atoms with Crippen molar-refractivity contribution in [1.29, 1.82) is 0 Å². The predicted molar refractivity (Wildman–Crippen MR) is 97.9 cm³/mol. The molecular formula is C20H17FN2O3. The lowest BCUT2D eigenvalue weighted by Gasteiger charge is -2.14. The summed E-state index contributed by atoms with van der Waals surface area (Å²) < 4.78 is 19.0. The Bertz CT molecular complexity index is 1040. The van der Waals surface area contributed by atoms with E-state index in [2.05, 4.69) is 4.98 Å². The maximum atomic E-state index is 13.8. The van der Waals surface area contributed by atoms with E-state index in [-0.39, 0.29) is 11.3 Å². The van der Waals surface area contributed by atoms with Gasteiger partial charge < -0.3 is 14.8 Å². The molecule has 2 aromatic carbocycles. The highest BCUT2D eigenvalue weighted by Gasteiger charge is 2.28. The molecule has 1 aliphatic rings. The number of ether oxygens (including phenoxy) is 1. The van der Waals surface area contributed by atoms with Crippen molar-refractivity contribution in [2.24, 2.45) is 0 Å². The molecule has 2 N–H and O–H groups in total. The lowest BCUT2D eigenvalue weighted by Crippen LogP contribution is -2.27. The van der Waals surface area contributed by atoms with Crippen LogP contribution in [0.3, 0.4) is 0 Å². The fraction of sp³-hybridized carbons (Fsp3) is 0.150. The Labute approximate surface area is 149 Å². The number of rotatable bonds is 3. The molecule has 1 amide bonds. The summed E-state index contributed by atoms with van der Waals surface area (Å²) in [4.78, 5) is 17.4. The van der Waals surface area contributed by atoms with Gasteiger partial charge in [0, 0.05) is 29.1 Å². The Kier molecular flexibility index (Phi) is 3.88. The fourth-order valence-corrected chi connectivity index (χ4v) is 3.32. The van der Waals surface area contributed by atoms with Crippen LogP contribution >= 0.6 is 0 Å². The highest BCUT2D eigenvalue weighted by atomic mass is 19.1. The first-order chi connectivity index (χ1) is 12.6. The number of hydrogen-bond donors (Lipinski definition) is 2. The number of aliphatic hydroxyl groups is 1. The summed E-state index contributed by atoms with van der Waals surface area (Å²) in [7, 11) is 1.61. The van der Waals surface area contributed by atoms with E-state index in [4.69, 9.17) is 4.74 Å². The second-order valence-corrected chi connectivity index (χ2v) is 6.11. The Morgan fingerprint density at radius 1 is 1.31 bits per heavy atom. The van der Waals surface area contributed by atoms with E-state index in [0.29, 0.717) is 18.8 Å². The number of halogens is 1. The maximum Gasteiger partial charge on any atom is 0.255 e. The highest BCUT2D eigenvalue weighted by molar-refractivity contribution is 6.08. The largest absolute Gasteiger partial charge is 0.507 e. The summed E-state index contributed by atoms with van der Waals surface area (Å²) in [5.74, 6) is 0.0910. The van der Waals surface area contributed by atoms with Crippen molar-refractivity contribution in [2.45, 2.75) is 6.42 Å². The molecule has 26 heavy (non-hydrogen) atoms. The quantitative estimate of drug-likeness (QED) is 0.557. The van der Waals surface area contributed by atoms with Crippen LogP contribution in [0, 0.1) is 5.82 Å². The summed E-state index contributed by atoms with van der Waals surface area (Å²) >= 11 is 0. The Morgan fingerprint density at radius 2 is 2.12 bits per heavy atom. The van der Waals surface area contributed by atoms with Crippen molar-refractivity contribution in [3.63, 3.8) is 0 Å². The molecule has 0 atom stereocenters.